The molecular formula is C14H23NO. The Hall–Kier alpha value is -0.860. The molecule has 90 valence electrons. The second-order valence-corrected chi connectivity index (χ2v) is 4.67. The van der Waals surface area contributed by atoms with Crippen LogP contribution in [-0.4, -0.2) is 36.8 Å². The van der Waals surface area contributed by atoms with E-state index in [1.807, 2.05) is 7.05 Å². The lowest BCUT2D eigenvalue weighted by atomic mass is 10.0. The van der Waals surface area contributed by atoms with Gasteiger partial charge in [0.25, 0.3) is 0 Å². The maximum atomic E-state index is 8.79. The van der Waals surface area contributed by atoms with Crippen LogP contribution in [0.3, 0.4) is 0 Å². The summed E-state index contributed by atoms with van der Waals surface area (Å²) in [6, 6.07) is 8.85. The molecule has 0 saturated carbocycles. The van der Waals surface area contributed by atoms with Crippen LogP contribution >= 0.6 is 0 Å². The fraction of sp³-hybridized carbons (Fsp3) is 0.571. The molecule has 0 aliphatic carbocycles. The number of benzene rings is 1. The molecule has 2 heteroatoms. The van der Waals surface area contributed by atoms with Gasteiger partial charge in [-0.05, 0) is 30.5 Å². The summed E-state index contributed by atoms with van der Waals surface area (Å²) < 4.78 is 0. The van der Waals surface area contributed by atoms with Gasteiger partial charge in [-0.15, -0.1) is 0 Å². The highest BCUT2D eigenvalue weighted by atomic mass is 16.3. The fourth-order valence-electron chi connectivity index (χ4n) is 1.67. The zero-order chi connectivity index (χ0) is 12.0. The van der Waals surface area contributed by atoms with Crippen LogP contribution in [0.5, 0.6) is 0 Å². The van der Waals surface area contributed by atoms with E-state index in [2.05, 4.69) is 43.0 Å². The molecule has 0 atom stereocenters. The Morgan fingerprint density at radius 2 is 1.75 bits per heavy atom. The molecule has 0 radical (unpaired) electrons. The van der Waals surface area contributed by atoms with E-state index >= 15 is 0 Å². The number of hydrogen-bond donors (Lipinski definition) is 1. The maximum Gasteiger partial charge on any atom is 0.0558 e. The molecule has 0 spiro atoms. The molecule has 1 N–H and O–H groups in total. The highest BCUT2D eigenvalue weighted by Gasteiger charge is 2.01. The first-order valence-electron chi connectivity index (χ1n) is 6.01. The number of hydrogen-bond acceptors (Lipinski definition) is 2. The van der Waals surface area contributed by atoms with Crippen molar-refractivity contribution in [3.63, 3.8) is 0 Å². The average molecular weight is 221 g/mol. The lowest BCUT2D eigenvalue weighted by Gasteiger charge is -2.15. The molecule has 1 rings (SSSR count). The molecule has 0 fully saturated rings. The molecule has 0 heterocycles. The minimum absolute atomic E-state index is 0.239. The first kappa shape index (κ1) is 13.2. The lowest BCUT2D eigenvalue weighted by Crippen LogP contribution is -2.24. The van der Waals surface area contributed by atoms with E-state index in [1.54, 1.807) is 0 Å². The number of nitrogens with zero attached hydrogens (tertiary/aromatic N) is 1. The van der Waals surface area contributed by atoms with Crippen molar-refractivity contribution >= 4 is 0 Å². The Morgan fingerprint density at radius 3 is 2.25 bits per heavy atom. The molecule has 0 aliphatic rings. The van der Waals surface area contributed by atoms with E-state index in [0.717, 1.165) is 19.5 Å². The summed E-state index contributed by atoms with van der Waals surface area (Å²) in [6.07, 6.45) is 1.05. The Bertz CT molecular complexity index is 292. The van der Waals surface area contributed by atoms with Crippen LogP contribution in [0.2, 0.25) is 0 Å². The summed E-state index contributed by atoms with van der Waals surface area (Å²) in [7, 11) is 2.04. The number of rotatable bonds is 6. The number of aliphatic hydroxyl groups is 1. The van der Waals surface area contributed by atoms with E-state index < -0.39 is 0 Å². The van der Waals surface area contributed by atoms with E-state index in [-0.39, 0.29) is 6.61 Å². The molecule has 0 saturated heterocycles. The Morgan fingerprint density at radius 1 is 1.12 bits per heavy atom. The van der Waals surface area contributed by atoms with Gasteiger partial charge in [0, 0.05) is 13.1 Å². The van der Waals surface area contributed by atoms with Crippen molar-refractivity contribution in [2.24, 2.45) is 0 Å². The summed E-state index contributed by atoms with van der Waals surface area (Å²) >= 11 is 0. The molecule has 0 aromatic heterocycles. The average Bonchev–Trinajstić information content (AvgIpc) is 2.27. The van der Waals surface area contributed by atoms with Gasteiger partial charge in [0.1, 0.15) is 0 Å². The van der Waals surface area contributed by atoms with Crippen molar-refractivity contribution < 1.29 is 5.11 Å². The molecule has 0 aliphatic heterocycles. The summed E-state index contributed by atoms with van der Waals surface area (Å²) in [4.78, 5) is 2.15. The van der Waals surface area contributed by atoms with Gasteiger partial charge in [-0.3, -0.25) is 0 Å². The first-order valence-corrected chi connectivity index (χ1v) is 6.01. The van der Waals surface area contributed by atoms with Crippen LogP contribution in [0.15, 0.2) is 24.3 Å². The Kier molecular flexibility index (Phi) is 5.50. The van der Waals surface area contributed by atoms with Crippen molar-refractivity contribution in [2.75, 3.05) is 26.7 Å². The van der Waals surface area contributed by atoms with Crippen molar-refractivity contribution in [2.45, 2.75) is 26.2 Å². The van der Waals surface area contributed by atoms with Crippen molar-refractivity contribution in [1.29, 1.82) is 0 Å². The van der Waals surface area contributed by atoms with Crippen LogP contribution in [0.4, 0.5) is 0 Å². The molecular weight excluding hydrogens is 198 g/mol. The van der Waals surface area contributed by atoms with Gasteiger partial charge in [0.15, 0.2) is 0 Å². The van der Waals surface area contributed by atoms with Crippen LogP contribution in [0.25, 0.3) is 0 Å². The third-order valence-corrected chi connectivity index (χ3v) is 2.91. The van der Waals surface area contributed by atoms with E-state index in [4.69, 9.17) is 5.11 Å². The summed E-state index contributed by atoms with van der Waals surface area (Å²) in [6.45, 7) is 6.42. The molecule has 1 aromatic rings. The molecule has 0 bridgehead atoms. The highest BCUT2D eigenvalue weighted by Crippen LogP contribution is 2.14. The Balaban J connectivity index is 2.43. The molecule has 16 heavy (non-hydrogen) atoms. The van der Waals surface area contributed by atoms with Crippen LogP contribution < -0.4 is 0 Å². The topological polar surface area (TPSA) is 23.5 Å². The third kappa shape index (κ3) is 4.33. The standard InChI is InChI=1S/C14H23NO/c1-12(2)14-6-4-13(5-7-14)8-9-15(3)10-11-16/h4-7,12,16H,8-11H2,1-3H3. The lowest BCUT2D eigenvalue weighted by molar-refractivity contribution is 0.223. The SMILES string of the molecule is CC(C)c1ccc(CCN(C)CCO)cc1. The third-order valence-electron chi connectivity index (χ3n) is 2.91. The fourth-order valence-corrected chi connectivity index (χ4v) is 1.67. The minimum Gasteiger partial charge on any atom is -0.395 e. The van der Waals surface area contributed by atoms with Crippen LogP contribution in [0.1, 0.15) is 30.9 Å². The zero-order valence-corrected chi connectivity index (χ0v) is 10.6. The largest absolute Gasteiger partial charge is 0.395 e. The van der Waals surface area contributed by atoms with E-state index in [9.17, 15) is 0 Å². The van der Waals surface area contributed by atoms with Gasteiger partial charge in [-0.2, -0.15) is 0 Å². The molecule has 2 nitrogen and oxygen atoms in total. The van der Waals surface area contributed by atoms with Crippen molar-refractivity contribution in [1.82, 2.24) is 4.90 Å². The molecule has 0 unspecified atom stereocenters. The predicted molar refractivity (Wildman–Crippen MR) is 68.8 cm³/mol. The predicted octanol–water partition coefficient (Wildman–Crippen LogP) is 2.28. The van der Waals surface area contributed by atoms with Gasteiger partial charge in [-0.1, -0.05) is 38.1 Å². The summed E-state index contributed by atoms with van der Waals surface area (Å²) in [5.41, 5.74) is 2.77. The van der Waals surface area contributed by atoms with Gasteiger partial charge < -0.3 is 10.0 Å². The summed E-state index contributed by atoms with van der Waals surface area (Å²) in [5, 5.41) is 8.79. The first-order chi connectivity index (χ1) is 7.63. The minimum atomic E-state index is 0.239. The summed E-state index contributed by atoms with van der Waals surface area (Å²) in [5.74, 6) is 0.603. The molecule has 1 aromatic carbocycles. The van der Waals surface area contributed by atoms with E-state index in [1.165, 1.54) is 11.1 Å². The van der Waals surface area contributed by atoms with Crippen molar-refractivity contribution in [3.05, 3.63) is 35.4 Å². The normalized spacial score (nSPS) is 11.4. The second kappa shape index (κ2) is 6.66. The number of aliphatic hydroxyl groups excluding tert-OH is 1. The van der Waals surface area contributed by atoms with Gasteiger partial charge in [-0.25, -0.2) is 0 Å². The number of likely N-dealkylation sites (N-methyl/N-ethyl adjacent to an activating group) is 1. The zero-order valence-electron chi connectivity index (χ0n) is 10.6. The maximum absolute atomic E-state index is 8.79. The monoisotopic (exact) mass is 221 g/mol. The van der Waals surface area contributed by atoms with E-state index in [0.29, 0.717) is 5.92 Å². The smallest absolute Gasteiger partial charge is 0.0558 e. The van der Waals surface area contributed by atoms with Gasteiger partial charge in [0.05, 0.1) is 6.61 Å². The quantitative estimate of drug-likeness (QED) is 0.796. The highest BCUT2D eigenvalue weighted by molar-refractivity contribution is 5.24. The van der Waals surface area contributed by atoms with Gasteiger partial charge >= 0.3 is 0 Å². The molecule has 0 amide bonds. The van der Waals surface area contributed by atoms with Crippen molar-refractivity contribution in [3.8, 4) is 0 Å². The van der Waals surface area contributed by atoms with Crippen LogP contribution in [0, 0.1) is 0 Å². The Labute approximate surface area is 98.9 Å². The van der Waals surface area contributed by atoms with Crippen LogP contribution in [-0.2, 0) is 6.42 Å². The second-order valence-electron chi connectivity index (χ2n) is 4.67. The van der Waals surface area contributed by atoms with Gasteiger partial charge in [0.2, 0.25) is 0 Å².